The second-order valence-corrected chi connectivity index (χ2v) is 4.91. The van der Waals surface area contributed by atoms with Crippen molar-refractivity contribution >= 4 is 28.9 Å². The van der Waals surface area contributed by atoms with Gasteiger partial charge in [-0.25, -0.2) is 4.79 Å². The molecule has 0 aromatic heterocycles. The van der Waals surface area contributed by atoms with Crippen LogP contribution >= 0.6 is 0 Å². The van der Waals surface area contributed by atoms with Crippen LogP contribution in [0.1, 0.15) is 30.6 Å². The Balaban J connectivity index is 1.96. The van der Waals surface area contributed by atoms with Crippen LogP contribution < -0.4 is 10.1 Å². The van der Waals surface area contributed by atoms with Gasteiger partial charge in [-0.05, 0) is 34.9 Å². The second-order valence-electron chi connectivity index (χ2n) is 4.91. The van der Waals surface area contributed by atoms with E-state index in [4.69, 9.17) is 4.74 Å². The average Bonchev–Trinajstić information content (AvgIpc) is 2.76. The lowest BCUT2D eigenvalue weighted by molar-refractivity contribution is -0.430. The summed E-state index contributed by atoms with van der Waals surface area (Å²) in [5, 5.41) is 6.91. The molecule has 1 aromatic rings. The van der Waals surface area contributed by atoms with Crippen LogP contribution in [0.2, 0.25) is 0 Å². The number of nitrogens with zero attached hydrogens (tertiary/aromatic N) is 2. The van der Waals surface area contributed by atoms with Crippen molar-refractivity contribution in [1.29, 1.82) is 0 Å². The third kappa shape index (κ3) is 2.09. The molecule has 0 spiro atoms. The van der Waals surface area contributed by atoms with Crippen LogP contribution in [0.15, 0.2) is 23.3 Å². The minimum absolute atomic E-state index is 0.00277. The zero-order valence-electron chi connectivity index (χ0n) is 11.3. The van der Waals surface area contributed by atoms with E-state index >= 15 is 0 Å². The zero-order chi connectivity index (χ0) is 14.3. The maximum absolute atomic E-state index is 12.4. The van der Waals surface area contributed by atoms with Gasteiger partial charge in [-0.3, -0.25) is 4.79 Å². The maximum atomic E-state index is 12.4. The van der Waals surface area contributed by atoms with E-state index in [0.717, 1.165) is 11.4 Å². The summed E-state index contributed by atoms with van der Waals surface area (Å²) < 4.78 is 6.67. The Morgan fingerprint density at radius 2 is 2.20 bits per heavy atom. The molecule has 0 saturated carbocycles. The van der Waals surface area contributed by atoms with Gasteiger partial charge in [-0.1, -0.05) is 0 Å². The summed E-state index contributed by atoms with van der Waals surface area (Å²) in [7, 11) is 0. The van der Waals surface area contributed by atoms with Crippen molar-refractivity contribution in [3.8, 4) is 5.75 Å². The van der Waals surface area contributed by atoms with E-state index in [1.807, 2.05) is 13.8 Å². The lowest BCUT2D eigenvalue weighted by Crippen LogP contribution is -2.26. The van der Waals surface area contributed by atoms with Crippen molar-refractivity contribution in [2.75, 3.05) is 11.9 Å². The van der Waals surface area contributed by atoms with Crippen LogP contribution in [0.3, 0.4) is 0 Å². The Bertz CT molecular complexity index is 689. The number of hydrogen-bond acceptors (Lipinski definition) is 4. The predicted molar refractivity (Wildman–Crippen MR) is 73.6 cm³/mol. The number of carbonyl (C=O) groups excluding carboxylic acids is 2. The fraction of sp³-hybridized carbons (Fsp3) is 0.286. The van der Waals surface area contributed by atoms with Crippen molar-refractivity contribution in [3.05, 3.63) is 23.8 Å². The third-order valence-electron chi connectivity index (χ3n) is 3.20. The zero-order valence-corrected chi connectivity index (χ0v) is 11.3. The van der Waals surface area contributed by atoms with Crippen molar-refractivity contribution < 1.29 is 19.0 Å². The standard InChI is InChI=1S/C14H13N3O3/c1-8-5-9(2)17(16-8)14(19)10-3-4-12-11(6-10)15-13(18)7-20-12/h3-4,6H,5,7H2,1-2H3/p+1. The number of nitrogens with one attached hydrogen (secondary N) is 1. The molecule has 0 radical (unpaired) electrons. The van der Waals surface area contributed by atoms with Gasteiger partial charge in [0.05, 0.1) is 23.4 Å². The molecule has 2 heterocycles. The Hall–Kier alpha value is -2.50. The second kappa shape index (κ2) is 4.56. The molecule has 0 bridgehead atoms. The number of hydrazone groups is 1. The van der Waals surface area contributed by atoms with Crippen LogP contribution in [0.4, 0.5) is 5.69 Å². The molecule has 3 rings (SSSR count). The molecule has 2 aliphatic rings. The number of amides is 2. The molecule has 0 aliphatic carbocycles. The van der Waals surface area contributed by atoms with Gasteiger partial charge in [0.25, 0.3) is 5.91 Å². The summed E-state index contributed by atoms with van der Waals surface area (Å²) in [5.41, 5.74) is 2.79. The molecule has 6 nitrogen and oxygen atoms in total. The monoisotopic (exact) mass is 272 g/mol. The molecule has 6 heteroatoms. The Morgan fingerprint density at radius 1 is 1.40 bits per heavy atom. The first kappa shape index (κ1) is 12.5. The molecular weight excluding hydrogens is 258 g/mol. The molecule has 20 heavy (non-hydrogen) atoms. The van der Waals surface area contributed by atoms with Crippen molar-refractivity contribution in [2.45, 2.75) is 20.3 Å². The molecule has 2 amide bonds. The van der Waals surface area contributed by atoms with Crippen LogP contribution in [-0.2, 0) is 4.79 Å². The van der Waals surface area contributed by atoms with E-state index in [1.54, 1.807) is 18.2 Å². The maximum Gasteiger partial charge on any atom is 0.449 e. The Kier molecular flexibility index (Phi) is 2.85. The minimum Gasteiger partial charge on any atom is -0.482 e. The summed E-state index contributed by atoms with van der Waals surface area (Å²) in [4.78, 5) is 23.7. The fourth-order valence-corrected chi connectivity index (χ4v) is 2.29. The minimum atomic E-state index is -0.222. The van der Waals surface area contributed by atoms with E-state index in [1.165, 1.54) is 4.68 Å². The predicted octanol–water partition coefficient (Wildman–Crippen LogP) is 1.41. The first-order valence-corrected chi connectivity index (χ1v) is 6.32. The number of fused-ring (bicyclic) bond motifs is 1. The Morgan fingerprint density at radius 3 is 2.90 bits per heavy atom. The molecule has 2 aliphatic heterocycles. The highest BCUT2D eigenvalue weighted by atomic mass is 16.5. The van der Waals surface area contributed by atoms with Crippen molar-refractivity contribution in [2.24, 2.45) is 5.10 Å². The van der Waals surface area contributed by atoms with Crippen LogP contribution in [0.25, 0.3) is 0 Å². The smallest absolute Gasteiger partial charge is 0.449 e. The molecule has 0 unspecified atom stereocenters. The molecule has 102 valence electrons. The highest BCUT2D eigenvalue weighted by Crippen LogP contribution is 2.28. The first-order chi connectivity index (χ1) is 9.54. The summed E-state index contributed by atoms with van der Waals surface area (Å²) in [6.45, 7) is 3.77. The highest BCUT2D eigenvalue weighted by Gasteiger charge is 2.30. The lowest BCUT2D eigenvalue weighted by Gasteiger charge is -2.17. The fourth-order valence-electron chi connectivity index (χ4n) is 2.29. The van der Waals surface area contributed by atoms with E-state index < -0.39 is 0 Å². The topological polar surface area (TPSA) is 70.8 Å². The van der Waals surface area contributed by atoms with Crippen LogP contribution in [0.5, 0.6) is 5.75 Å². The van der Waals surface area contributed by atoms with Gasteiger partial charge >= 0.3 is 5.91 Å². The summed E-state index contributed by atoms with van der Waals surface area (Å²) in [5.74, 6) is 0.143. The normalized spacial score (nSPS) is 17.3. The largest absolute Gasteiger partial charge is 0.482 e. The first-order valence-electron chi connectivity index (χ1n) is 6.32. The molecule has 1 N–H and O–H groups in total. The molecule has 0 atom stereocenters. The van der Waals surface area contributed by atoms with E-state index in [2.05, 4.69) is 10.4 Å². The number of rotatable bonds is 1. The summed E-state index contributed by atoms with van der Waals surface area (Å²) in [6, 6.07) is 4.98. The van der Waals surface area contributed by atoms with Gasteiger partial charge < -0.3 is 10.1 Å². The Labute approximate surface area is 115 Å². The number of anilines is 1. The van der Waals surface area contributed by atoms with Gasteiger partial charge in [-0.2, -0.15) is 0 Å². The van der Waals surface area contributed by atoms with E-state index in [0.29, 0.717) is 23.4 Å². The highest BCUT2D eigenvalue weighted by molar-refractivity contribution is 6.06. The average molecular weight is 272 g/mol. The molecular formula is C14H14N3O3+. The summed E-state index contributed by atoms with van der Waals surface area (Å²) in [6.07, 6.45) is 0.705. The number of hydrogen-bond donors (Lipinski definition) is 1. The molecule has 0 fully saturated rings. The van der Waals surface area contributed by atoms with E-state index in [9.17, 15) is 9.59 Å². The van der Waals surface area contributed by atoms with Crippen molar-refractivity contribution in [1.82, 2.24) is 0 Å². The number of benzene rings is 1. The van der Waals surface area contributed by atoms with Gasteiger partial charge in [0.1, 0.15) is 5.75 Å². The van der Waals surface area contributed by atoms with Gasteiger partial charge in [-0.15, -0.1) is 0 Å². The van der Waals surface area contributed by atoms with E-state index in [-0.39, 0.29) is 18.4 Å². The SMILES string of the molecule is CC1=N[N+](C(=O)c2ccc3c(c2)NC(=O)CO3)=C(C)C1. The molecule has 0 saturated heterocycles. The van der Waals surface area contributed by atoms with Gasteiger partial charge in [0.2, 0.25) is 0 Å². The van der Waals surface area contributed by atoms with Crippen LogP contribution in [0, 0.1) is 0 Å². The number of ether oxygens (including phenoxy) is 1. The van der Waals surface area contributed by atoms with Gasteiger partial charge in [0.15, 0.2) is 12.3 Å². The van der Waals surface area contributed by atoms with Crippen molar-refractivity contribution in [3.63, 3.8) is 0 Å². The van der Waals surface area contributed by atoms with Crippen LogP contribution in [-0.4, -0.2) is 34.5 Å². The quantitative estimate of drug-likeness (QED) is 0.786. The third-order valence-corrected chi connectivity index (χ3v) is 3.20. The lowest BCUT2D eigenvalue weighted by atomic mass is 10.1. The van der Waals surface area contributed by atoms with Gasteiger partial charge in [0, 0.05) is 6.92 Å². The summed E-state index contributed by atoms with van der Waals surface area (Å²) >= 11 is 0. The number of carbonyl (C=O) groups is 2. The molecule has 1 aromatic carbocycles.